The topological polar surface area (TPSA) is 130 Å². The van der Waals surface area contributed by atoms with Gasteiger partial charge in [0, 0.05) is 36.3 Å². The Kier molecular flexibility index (Phi) is 16.1. The van der Waals surface area contributed by atoms with Gasteiger partial charge in [-0.15, -0.1) is 0 Å². The quantitative estimate of drug-likeness (QED) is 0.210. The fourth-order valence-electron chi connectivity index (χ4n) is 1.91. The van der Waals surface area contributed by atoms with Crippen LogP contribution in [-0.2, 0) is 20.0 Å². The number of halogens is 1. The number of para-hydroxylation sites is 2. The average molecular weight is 538 g/mol. The van der Waals surface area contributed by atoms with Gasteiger partial charge in [0.1, 0.15) is 0 Å². The molecule has 0 fully saturated rings. The Labute approximate surface area is 195 Å². The number of hydrogen-bond donors (Lipinski definition) is 4. The monoisotopic (exact) mass is 536 g/mol. The Bertz CT molecular complexity index is 897. The lowest BCUT2D eigenvalue weighted by atomic mass is 10.3. The van der Waals surface area contributed by atoms with Crippen LogP contribution in [0.3, 0.4) is 0 Å². The molecule has 0 aliphatic heterocycles. The first-order valence-electron chi connectivity index (χ1n) is 9.58. The summed E-state index contributed by atoms with van der Waals surface area (Å²) in [7, 11) is -6.01. The fourth-order valence-corrected chi connectivity index (χ4v) is 3.22. The van der Waals surface area contributed by atoms with Crippen LogP contribution >= 0.6 is 15.9 Å². The highest BCUT2D eigenvalue weighted by Gasteiger charge is 1.98. The van der Waals surface area contributed by atoms with Crippen LogP contribution in [0.15, 0.2) is 60.7 Å². The van der Waals surface area contributed by atoms with Crippen molar-refractivity contribution in [2.24, 2.45) is 0 Å². The number of nitrogens with one attached hydrogen (secondary N) is 3. The molecule has 0 saturated carbocycles. The van der Waals surface area contributed by atoms with Crippen molar-refractivity contribution in [2.45, 2.75) is 12.8 Å². The van der Waals surface area contributed by atoms with E-state index in [0.29, 0.717) is 13.1 Å². The molecule has 0 aromatic heterocycles. The van der Waals surface area contributed by atoms with E-state index in [4.69, 9.17) is 5.73 Å². The summed E-state index contributed by atoms with van der Waals surface area (Å²) < 4.78 is 47.0. The highest BCUT2D eigenvalue weighted by Crippen LogP contribution is 2.04. The molecule has 0 amide bonds. The Morgan fingerprint density at radius 1 is 0.742 bits per heavy atom. The first kappa shape index (κ1) is 29.3. The van der Waals surface area contributed by atoms with Crippen LogP contribution < -0.4 is 20.5 Å². The predicted octanol–water partition coefficient (Wildman–Crippen LogP) is 2.63. The van der Waals surface area contributed by atoms with E-state index < -0.39 is 20.0 Å². The van der Waals surface area contributed by atoms with Crippen molar-refractivity contribution in [1.82, 2.24) is 9.44 Å². The summed E-state index contributed by atoms with van der Waals surface area (Å²) in [5.74, 6) is 0. The molecule has 2 aromatic rings. The van der Waals surface area contributed by atoms with E-state index in [0.717, 1.165) is 48.6 Å². The third-order valence-corrected chi connectivity index (χ3v) is 5.31. The average Bonchev–Trinajstić information content (AvgIpc) is 2.69. The van der Waals surface area contributed by atoms with Gasteiger partial charge in [0.05, 0.1) is 12.5 Å². The normalized spacial score (nSPS) is 10.8. The highest BCUT2D eigenvalue weighted by molar-refractivity contribution is 9.09. The Hall–Kier alpha value is -1.66. The molecule has 31 heavy (non-hydrogen) atoms. The Balaban J connectivity index is 0.000000478. The SMILES string of the molecule is CS(=O)(=O)NCCCBr.CS(=O)(=O)NCCCNc1ccccc1.Nc1ccccc1. The number of nitrogen functional groups attached to an aromatic ring is 1. The molecule has 0 atom stereocenters. The first-order chi connectivity index (χ1) is 14.5. The maximum Gasteiger partial charge on any atom is 0.208 e. The van der Waals surface area contributed by atoms with Crippen LogP contribution in [0.1, 0.15) is 12.8 Å². The minimum atomic E-state index is -3.05. The number of sulfonamides is 2. The lowest BCUT2D eigenvalue weighted by Crippen LogP contribution is -2.24. The van der Waals surface area contributed by atoms with Gasteiger partial charge in [0.2, 0.25) is 20.0 Å². The van der Waals surface area contributed by atoms with Gasteiger partial charge in [-0.3, -0.25) is 0 Å². The molecule has 0 radical (unpaired) electrons. The molecule has 8 nitrogen and oxygen atoms in total. The molecule has 11 heteroatoms. The zero-order valence-corrected chi connectivity index (χ0v) is 21.1. The minimum Gasteiger partial charge on any atom is -0.399 e. The van der Waals surface area contributed by atoms with Gasteiger partial charge in [-0.2, -0.15) is 0 Å². The van der Waals surface area contributed by atoms with Crippen molar-refractivity contribution in [3.63, 3.8) is 0 Å². The second kappa shape index (κ2) is 17.0. The molecule has 0 spiro atoms. The summed E-state index contributed by atoms with van der Waals surface area (Å²) in [6, 6.07) is 19.3. The third kappa shape index (κ3) is 22.8. The predicted molar refractivity (Wildman–Crippen MR) is 135 cm³/mol. The Morgan fingerprint density at radius 2 is 1.19 bits per heavy atom. The van der Waals surface area contributed by atoms with Gasteiger partial charge in [-0.1, -0.05) is 52.3 Å². The number of hydrogen-bond acceptors (Lipinski definition) is 6. The molecule has 0 aliphatic rings. The maximum absolute atomic E-state index is 10.7. The van der Waals surface area contributed by atoms with Crippen LogP contribution in [0.5, 0.6) is 0 Å². The smallest absolute Gasteiger partial charge is 0.208 e. The van der Waals surface area contributed by atoms with Gasteiger partial charge in [-0.05, 0) is 37.1 Å². The van der Waals surface area contributed by atoms with Crippen molar-refractivity contribution in [3.05, 3.63) is 60.7 Å². The largest absolute Gasteiger partial charge is 0.399 e. The standard InChI is InChI=1S/C10H16N2O2S.C6H7N.C4H10BrNO2S/c1-15(13,14)12-9-5-8-11-10-6-3-2-4-7-10;7-6-4-2-1-3-5-6;1-9(7,8)6-4-2-3-5/h2-4,6-7,11-12H,5,8-9H2,1H3;1-5H,7H2;6H,2-4H2,1H3. The molecule has 2 aromatic carbocycles. The second-order valence-corrected chi connectivity index (χ2v) is 10.9. The van der Waals surface area contributed by atoms with E-state index in [1.54, 1.807) is 0 Å². The summed E-state index contributed by atoms with van der Waals surface area (Å²) >= 11 is 3.18. The summed E-state index contributed by atoms with van der Waals surface area (Å²) in [4.78, 5) is 0. The zero-order chi connectivity index (χ0) is 23.6. The van der Waals surface area contributed by atoms with E-state index in [-0.39, 0.29) is 0 Å². The molecule has 0 saturated heterocycles. The van der Waals surface area contributed by atoms with Gasteiger partial charge in [0.25, 0.3) is 0 Å². The number of nitrogens with two attached hydrogens (primary N) is 1. The molecular weight excluding hydrogens is 504 g/mol. The molecule has 2 rings (SSSR count). The van der Waals surface area contributed by atoms with Crippen molar-refractivity contribution < 1.29 is 16.8 Å². The Morgan fingerprint density at radius 3 is 1.58 bits per heavy atom. The lowest BCUT2D eigenvalue weighted by molar-refractivity contribution is 0.585. The van der Waals surface area contributed by atoms with Gasteiger partial charge in [-0.25, -0.2) is 26.3 Å². The van der Waals surface area contributed by atoms with Crippen molar-refractivity contribution >= 4 is 47.4 Å². The van der Waals surface area contributed by atoms with Gasteiger partial charge in [0.15, 0.2) is 0 Å². The number of benzene rings is 2. The fraction of sp³-hybridized carbons (Fsp3) is 0.400. The molecular formula is C20H33BrN4O4S2. The van der Waals surface area contributed by atoms with Crippen LogP contribution in [0.2, 0.25) is 0 Å². The van der Waals surface area contributed by atoms with E-state index in [2.05, 4.69) is 30.7 Å². The first-order valence-corrected chi connectivity index (χ1v) is 14.5. The summed E-state index contributed by atoms with van der Waals surface area (Å²) in [5.41, 5.74) is 7.23. The molecule has 0 unspecified atom stereocenters. The molecule has 5 N–H and O–H groups in total. The maximum atomic E-state index is 10.7. The molecule has 0 heterocycles. The minimum absolute atomic E-state index is 0.471. The van der Waals surface area contributed by atoms with Crippen LogP contribution in [0.4, 0.5) is 11.4 Å². The molecule has 0 bridgehead atoms. The van der Waals surface area contributed by atoms with Gasteiger partial charge >= 0.3 is 0 Å². The van der Waals surface area contributed by atoms with E-state index >= 15 is 0 Å². The van der Waals surface area contributed by atoms with Gasteiger partial charge < -0.3 is 11.1 Å². The highest BCUT2D eigenvalue weighted by atomic mass is 79.9. The lowest BCUT2D eigenvalue weighted by Gasteiger charge is -2.05. The van der Waals surface area contributed by atoms with Crippen LogP contribution in [0, 0.1) is 0 Å². The zero-order valence-electron chi connectivity index (χ0n) is 17.9. The van der Waals surface area contributed by atoms with Crippen molar-refractivity contribution in [3.8, 4) is 0 Å². The van der Waals surface area contributed by atoms with E-state index in [1.165, 1.54) is 0 Å². The van der Waals surface area contributed by atoms with E-state index in [1.807, 2.05) is 60.7 Å². The van der Waals surface area contributed by atoms with Crippen molar-refractivity contribution in [2.75, 3.05) is 48.5 Å². The van der Waals surface area contributed by atoms with Crippen LogP contribution in [-0.4, -0.2) is 54.3 Å². The van der Waals surface area contributed by atoms with E-state index in [9.17, 15) is 16.8 Å². The molecule has 176 valence electrons. The number of alkyl halides is 1. The third-order valence-electron chi connectivity index (χ3n) is 3.29. The summed E-state index contributed by atoms with van der Waals surface area (Å²) in [5, 5.41) is 4.02. The molecule has 0 aliphatic carbocycles. The second-order valence-electron chi connectivity index (χ2n) is 6.43. The van der Waals surface area contributed by atoms with Crippen LogP contribution in [0.25, 0.3) is 0 Å². The van der Waals surface area contributed by atoms with Crippen molar-refractivity contribution in [1.29, 1.82) is 0 Å². The summed E-state index contributed by atoms with van der Waals surface area (Å²) in [6.45, 7) is 1.75. The summed E-state index contributed by atoms with van der Waals surface area (Å²) in [6.07, 6.45) is 3.91. The number of anilines is 2. The number of rotatable bonds is 10.